The lowest BCUT2D eigenvalue weighted by molar-refractivity contribution is -0.144. The van der Waals surface area contributed by atoms with Crippen molar-refractivity contribution in [3.8, 4) is 16.0 Å². The van der Waals surface area contributed by atoms with E-state index in [0.29, 0.717) is 16.8 Å². The highest BCUT2D eigenvalue weighted by atomic mass is 32.1. The van der Waals surface area contributed by atoms with Crippen molar-refractivity contribution < 1.29 is 9.53 Å². The predicted octanol–water partition coefficient (Wildman–Crippen LogP) is 4.28. The number of carbonyl (C=O) groups is 1. The number of hydrogen-bond acceptors (Lipinski definition) is 6. The molecule has 0 aliphatic heterocycles. The minimum atomic E-state index is -0.354. The van der Waals surface area contributed by atoms with Gasteiger partial charge in [-0.15, -0.1) is 22.7 Å². The largest absolute Gasteiger partial charge is 0.460 e. The molecule has 5 nitrogen and oxygen atoms in total. The van der Waals surface area contributed by atoms with Crippen molar-refractivity contribution >= 4 is 34.2 Å². The smallest absolute Gasteiger partial charge is 0.312 e. The first kappa shape index (κ1) is 16.5. The number of aromatic nitrogens is 2. The Morgan fingerprint density at radius 2 is 2.19 bits per heavy atom. The number of thiophene rings is 1. The van der Waals surface area contributed by atoms with Gasteiger partial charge in [-0.1, -0.05) is 12.1 Å². The summed E-state index contributed by atoms with van der Waals surface area (Å²) in [6.07, 6.45) is 3.80. The van der Waals surface area contributed by atoms with Gasteiger partial charge in [-0.3, -0.25) is 4.79 Å². The summed E-state index contributed by atoms with van der Waals surface area (Å²) >= 11 is 3.14. The standard InChI is InChI=1S/C19H13N3O2S2/c20-9-15-13(10-22-6-2-1-4-16(15)22)11-24-18(23)8-14-12-26-19(21-14)17-5-3-7-25-17/h1-7,10,12H,8,11H2. The molecule has 26 heavy (non-hydrogen) atoms. The number of thiazole rings is 1. The Kier molecular flexibility index (Phi) is 4.52. The number of carbonyl (C=O) groups excluding carboxylic acids is 1. The van der Waals surface area contributed by atoms with Crippen molar-refractivity contribution in [3.63, 3.8) is 0 Å². The van der Waals surface area contributed by atoms with Crippen LogP contribution in [-0.4, -0.2) is 15.4 Å². The van der Waals surface area contributed by atoms with Crippen molar-refractivity contribution in [2.75, 3.05) is 0 Å². The lowest BCUT2D eigenvalue weighted by atomic mass is 10.2. The summed E-state index contributed by atoms with van der Waals surface area (Å²) in [5.74, 6) is -0.354. The summed E-state index contributed by atoms with van der Waals surface area (Å²) in [5, 5.41) is 14.2. The second kappa shape index (κ2) is 7.12. The zero-order chi connectivity index (χ0) is 17.9. The van der Waals surface area contributed by atoms with E-state index in [-0.39, 0.29) is 19.0 Å². The number of nitriles is 1. The molecule has 4 heterocycles. The van der Waals surface area contributed by atoms with Crippen molar-refractivity contribution in [1.29, 1.82) is 5.26 Å². The van der Waals surface area contributed by atoms with Crippen LogP contribution in [0.4, 0.5) is 0 Å². The molecule has 0 aliphatic rings. The summed E-state index contributed by atoms with van der Waals surface area (Å²) in [5.41, 5.74) is 2.74. The number of fused-ring (bicyclic) bond motifs is 1. The summed E-state index contributed by atoms with van der Waals surface area (Å²) in [6.45, 7) is 0.0747. The molecule has 0 N–H and O–H groups in total. The Balaban J connectivity index is 1.43. The van der Waals surface area contributed by atoms with Crippen LogP contribution in [-0.2, 0) is 22.6 Å². The number of pyridine rings is 1. The molecule has 4 rings (SSSR count). The van der Waals surface area contributed by atoms with Gasteiger partial charge in [-0.2, -0.15) is 5.26 Å². The number of ether oxygens (including phenoxy) is 1. The molecule has 0 saturated carbocycles. The molecule has 0 amide bonds. The first-order valence-electron chi connectivity index (χ1n) is 7.87. The highest BCUT2D eigenvalue weighted by Gasteiger charge is 2.14. The average molecular weight is 379 g/mol. The van der Waals surface area contributed by atoms with Crippen LogP contribution in [0, 0.1) is 11.3 Å². The van der Waals surface area contributed by atoms with Gasteiger partial charge in [0.2, 0.25) is 0 Å². The zero-order valence-corrected chi connectivity index (χ0v) is 15.2. The molecule has 0 spiro atoms. The number of esters is 1. The fourth-order valence-corrected chi connectivity index (χ4v) is 4.31. The van der Waals surface area contributed by atoms with E-state index in [1.165, 1.54) is 11.3 Å². The third-order valence-electron chi connectivity index (χ3n) is 3.87. The van der Waals surface area contributed by atoms with Crippen LogP contribution in [0.1, 0.15) is 16.8 Å². The highest BCUT2D eigenvalue weighted by Crippen LogP contribution is 2.28. The predicted molar refractivity (Wildman–Crippen MR) is 101 cm³/mol. The normalized spacial score (nSPS) is 10.7. The number of rotatable bonds is 5. The Labute approximate surface area is 157 Å². The summed E-state index contributed by atoms with van der Waals surface area (Å²) in [6, 6.07) is 11.8. The molecule has 128 valence electrons. The quantitative estimate of drug-likeness (QED) is 0.485. The van der Waals surface area contributed by atoms with Gasteiger partial charge in [0.1, 0.15) is 17.7 Å². The molecule has 7 heteroatoms. The monoisotopic (exact) mass is 379 g/mol. The molecule has 0 saturated heterocycles. The maximum atomic E-state index is 12.2. The SMILES string of the molecule is N#Cc1c(COC(=O)Cc2csc(-c3cccs3)n2)cn2ccccc12. The zero-order valence-electron chi connectivity index (χ0n) is 13.6. The van der Waals surface area contributed by atoms with Crippen LogP contribution >= 0.6 is 22.7 Å². The van der Waals surface area contributed by atoms with Gasteiger partial charge in [-0.05, 0) is 23.6 Å². The molecule has 0 atom stereocenters. The Bertz CT molecular complexity index is 1100. The second-order valence-corrected chi connectivity index (χ2v) is 7.40. The summed E-state index contributed by atoms with van der Waals surface area (Å²) in [4.78, 5) is 17.7. The topological polar surface area (TPSA) is 67.4 Å². The van der Waals surface area contributed by atoms with E-state index in [1.54, 1.807) is 11.3 Å². The van der Waals surface area contributed by atoms with E-state index in [1.807, 2.05) is 57.9 Å². The van der Waals surface area contributed by atoms with Gasteiger partial charge in [0.05, 0.1) is 28.1 Å². The van der Waals surface area contributed by atoms with Crippen LogP contribution in [0.25, 0.3) is 15.4 Å². The third-order valence-corrected chi connectivity index (χ3v) is 5.80. The van der Waals surface area contributed by atoms with Gasteiger partial charge in [0.25, 0.3) is 0 Å². The highest BCUT2D eigenvalue weighted by molar-refractivity contribution is 7.20. The molecular formula is C19H13N3O2S2. The van der Waals surface area contributed by atoms with E-state index in [0.717, 1.165) is 15.4 Å². The van der Waals surface area contributed by atoms with Crippen molar-refractivity contribution in [3.05, 3.63) is 70.3 Å². The molecule has 4 aromatic heterocycles. The van der Waals surface area contributed by atoms with Gasteiger partial charge < -0.3 is 9.14 Å². The first-order chi connectivity index (χ1) is 12.7. The van der Waals surface area contributed by atoms with E-state index < -0.39 is 0 Å². The lowest BCUT2D eigenvalue weighted by Gasteiger charge is -2.02. The molecule has 0 aliphatic carbocycles. The van der Waals surface area contributed by atoms with Crippen LogP contribution in [0.15, 0.2) is 53.5 Å². The van der Waals surface area contributed by atoms with Crippen molar-refractivity contribution in [2.24, 2.45) is 0 Å². The van der Waals surface area contributed by atoms with E-state index in [9.17, 15) is 10.1 Å². The minimum absolute atomic E-state index is 0.0747. The number of nitrogens with zero attached hydrogens (tertiary/aromatic N) is 3. The van der Waals surface area contributed by atoms with Crippen LogP contribution < -0.4 is 0 Å². The van der Waals surface area contributed by atoms with Crippen LogP contribution in [0.3, 0.4) is 0 Å². The van der Waals surface area contributed by atoms with Gasteiger partial charge in [0.15, 0.2) is 0 Å². The van der Waals surface area contributed by atoms with Gasteiger partial charge in [-0.25, -0.2) is 4.98 Å². The third kappa shape index (κ3) is 3.25. The Hall–Kier alpha value is -2.95. The molecule has 0 aromatic carbocycles. The van der Waals surface area contributed by atoms with Crippen molar-refractivity contribution in [1.82, 2.24) is 9.38 Å². The second-order valence-electron chi connectivity index (χ2n) is 5.59. The maximum absolute atomic E-state index is 12.2. The fraction of sp³-hybridized carbons (Fsp3) is 0.105. The van der Waals surface area contributed by atoms with Gasteiger partial charge >= 0.3 is 5.97 Å². The molecule has 0 fully saturated rings. The first-order valence-corrected chi connectivity index (χ1v) is 9.63. The maximum Gasteiger partial charge on any atom is 0.312 e. The van der Waals surface area contributed by atoms with Crippen LogP contribution in [0.5, 0.6) is 0 Å². The van der Waals surface area contributed by atoms with E-state index in [2.05, 4.69) is 11.1 Å². The van der Waals surface area contributed by atoms with Crippen molar-refractivity contribution in [2.45, 2.75) is 13.0 Å². The van der Waals surface area contributed by atoms with E-state index >= 15 is 0 Å². The van der Waals surface area contributed by atoms with E-state index in [4.69, 9.17) is 4.74 Å². The molecule has 0 bridgehead atoms. The average Bonchev–Trinajstić information content (AvgIpc) is 3.38. The minimum Gasteiger partial charge on any atom is -0.460 e. The van der Waals surface area contributed by atoms with Crippen LogP contribution in [0.2, 0.25) is 0 Å². The lowest BCUT2D eigenvalue weighted by Crippen LogP contribution is -2.08. The Morgan fingerprint density at radius 1 is 1.27 bits per heavy atom. The van der Waals surface area contributed by atoms with Gasteiger partial charge in [0, 0.05) is 23.3 Å². The summed E-state index contributed by atoms with van der Waals surface area (Å²) < 4.78 is 7.22. The molecule has 0 unspecified atom stereocenters. The Morgan fingerprint density at radius 3 is 3.00 bits per heavy atom. The number of hydrogen-bond donors (Lipinski definition) is 0. The molecular weight excluding hydrogens is 366 g/mol. The fourth-order valence-electron chi connectivity index (χ4n) is 2.67. The summed E-state index contributed by atoms with van der Waals surface area (Å²) in [7, 11) is 0. The molecule has 0 radical (unpaired) electrons. The molecule has 4 aromatic rings.